The number of aliphatic hydroxyl groups excluding tert-OH is 1. The number of aromatic nitrogens is 5. The van der Waals surface area contributed by atoms with Crippen molar-refractivity contribution in [1.29, 1.82) is 0 Å². The van der Waals surface area contributed by atoms with Crippen molar-refractivity contribution in [3.05, 3.63) is 71.8 Å². The van der Waals surface area contributed by atoms with E-state index >= 15 is 0 Å². The minimum absolute atomic E-state index is 0.0152. The van der Waals surface area contributed by atoms with Crippen LogP contribution in [0.25, 0.3) is 16.9 Å². The maximum atomic E-state index is 13.0. The van der Waals surface area contributed by atoms with E-state index in [2.05, 4.69) is 20.4 Å². The molecule has 0 radical (unpaired) electrons. The number of H-pyrrole nitrogens is 1. The predicted octanol–water partition coefficient (Wildman–Crippen LogP) is 3.08. The van der Waals surface area contributed by atoms with Crippen molar-refractivity contribution in [2.75, 3.05) is 7.05 Å². The lowest BCUT2D eigenvalue weighted by Crippen LogP contribution is -2.26. The number of carbonyl (C=O) groups is 1. The van der Waals surface area contributed by atoms with Crippen LogP contribution in [0.4, 0.5) is 0 Å². The third kappa shape index (κ3) is 3.81. The number of carbonyl (C=O) groups excluding carboxylic acids is 1. The largest absolute Gasteiger partial charge is 0.385 e. The molecule has 0 aliphatic rings. The van der Waals surface area contributed by atoms with Crippen LogP contribution >= 0.6 is 0 Å². The smallest absolute Gasteiger partial charge is 0.255 e. The van der Waals surface area contributed by atoms with Gasteiger partial charge in [-0.05, 0) is 24.1 Å². The minimum Gasteiger partial charge on any atom is -0.385 e. The molecule has 0 bridgehead atoms. The minimum atomic E-state index is -0.760. The number of fused-ring (bicyclic) bond motifs is 1. The first-order valence-electron chi connectivity index (χ1n) is 9.82. The molecule has 0 saturated heterocycles. The summed E-state index contributed by atoms with van der Waals surface area (Å²) in [6.45, 7) is 4.20. The standard InChI is InChI=1S/C22H24N6O2/c1-14(2)20(29)21-26-25-19-10-9-16(12-28(19)21)22(30)27(3)13-17-11-18(24-23-17)15-7-5-4-6-8-15/h4-12,14,20,29H,13H2,1-3H3,(H,23,24). The number of benzene rings is 1. The summed E-state index contributed by atoms with van der Waals surface area (Å²) >= 11 is 0. The average Bonchev–Trinajstić information content (AvgIpc) is 3.39. The molecule has 3 aromatic heterocycles. The Morgan fingerprint density at radius 3 is 2.67 bits per heavy atom. The summed E-state index contributed by atoms with van der Waals surface area (Å²) in [5, 5.41) is 25.9. The molecule has 30 heavy (non-hydrogen) atoms. The van der Waals surface area contributed by atoms with E-state index in [4.69, 9.17) is 0 Å². The van der Waals surface area contributed by atoms with Gasteiger partial charge in [0.15, 0.2) is 11.5 Å². The van der Waals surface area contributed by atoms with Crippen LogP contribution in [0.3, 0.4) is 0 Å². The highest BCUT2D eigenvalue weighted by Crippen LogP contribution is 2.21. The fourth-order valence-electron chi connectivity index (χ4n) is 3.28. The number of nitrogens with one attached hydrogen (secondary N) is 1. The zero-order valence-corrected chi connectivity index (χ0v) is 17.1. The van der Waals surface area contributed by atoms with Crippen LogP contribution in [0.15, 0.2) is 54.7 Å². The molecule has 8 heteroatoms. The lowest BCUT2D eigenvalue weighted by Gasteiger charge is -2.17. The molecule has 1 aromatic carbocycles. The second-order valence-electron chi connectivity index (χ2n) is 7.70. The first kappa shape index (κ1) is 19.8. The Morgan fingerprint density at radius 2 is 1.93 bits per heavy atom. The summed E-state index contributed by atoms with van der Waals surface area (Å²) in [4.78, 5) is 14.6. The summed E-state index contributed by atoms with van der Waals surface area (Å²) in [6, 6.07) is 15.3. The summed E-state index contributed by atoms with van der Waals surface area (Å²) in [5.41, 5.74) is 3.77. The van der Waals surface area contributed by atoms with Crippen LogP contribution in [0, 0.1) is 5.92 Å². The Hall–Kier alpha value is -3.52. The molecule has 2 N–H and O–H groups in total. The number of aromatic amines is 1. The maximum Gasteiger partial charge on any atom is 0.255 e. The molecule has 1 amide bonds. The van der Waals surface area contributed by atoms with Crippen molar-refractivity contribution in [1.82, 2.24) is 29.7 Å². The third-order valence-electron chi connectivity index (χ3n) is 5.03. The number of hydrogen-bond acceptors (Lipinski definition) is 5. The van der Waals surface area contributed by atoms with Crippen LogP contribution in [0.5, 0.6) is 0 Å². The van der Waals surface area contributed by atoms with E-state index < -0.39 is 6.10 Å². The first-order valence-corrected chi connectivity index (χ1v) is 9.82. The number of nitrogens with zero attached hydrogens (tertiary/aromatic N) is 5. The second-order valence-corrected chi connectivity index (χ2v) is 7.70. The normalized spacial score (nSPS) is 12.4. The predicted molar refractivity (Wildman–Crippen MR) is 113 cm³/mol. The van der Waals surface area contributed by atoms with Gasteiger partial charge >= 0.3 is 0 Å². The van der Waals surface area contributed by atoms with Gasteiger partial charge in [0.1, 0.15) is 6.10 Å². The van der Waals surface area contributed by atoms with Gasteiger partial charge in [0.05, 0.1) is 23.5 Å². The van der Waals surface area contributed by atoms with Crippen molar-refractivity contribution in [2.24, 2.45) is 5.92 Å². The molecule has 0 fully saturated rings. The molecule has 0 aliphatic heterocycles. The Balaban J connectivity index is 1.53. The van der Waals surface area contributed by atoms with Gasteiger partial charge in [0, 0.05) is 18.8 Å². The van der Waals surface area contributed by atoms with E-state index in [1.165, 1.54) is 0 Å². The third-order valence-corrected chi connectivity index (χ3v) is 5.03. The second kappa shape index (κ2) is 8.08. The molecule has 1 unspecified atom stereocenters. The van der Waals surface area contributed by atoms with Crippen molar-refractivity contribution in [2.45, 2.75) is 26.5 Å². The number of pyridine rings is 1. The van der Waals surface area contributed by atoms with Gasteiger partial charge in [0.2, 0.25) is 0 Å². The summed E-state index contributed by atoms with van der Waals surface area (Å²) in [6.07, 6.45) is 0.918. The lowest BCUT2D eigenvalue weighted by molar-refractivity contribution is 0.0782. The Kier molecular flexibility index (Phi) is 5.33. The number of amides is 1. The van der Waals surface area contributed by atoms with Gasteiger partial charge in [-0.3, -0.25) is 14.3 Å². The zero-order chi connectivity index (χ0) is 21.3. The molecule has 154 valence electrons. The van der Waals surface area contributed by atoms with E-state index in [9.17, 15) is 9.90 Å². The molecule has 3 heterocycles. The van der Waals surface area contributed by atoms with Gasteiger partial charge in [-0.2, -0.15) is 5.10 Å². The number of hydrogen-bond donors (Lipinski definition) is 2. The molecular formula is C22H24N6O2. The van der Waals surface area contributed by atoms with E-state index in [0.717, 1.165) is 17.0 Å². The average molecular weight is 404 g/mol. The number of rotatable bonds is 6. The molecule has 0 saturated carbocycles. The summed E-state index contributed by atoms with van der Waals surface area (Å²) in [7, 11) is 1.74. The first-order chi connectivity index (χ1) is 14.4. The van der Waals surface area contributed by atoms with Crippen LogP contribution in [-0.2, 0) is 6.54 Å². The van der Waals surface area contributed by atoms with Crippen molar-refractivity contribution < 1.29 is 9.90 Å². The highest BCUT2D eigenvalue weighted by Gasteiger charge is 2.20. The van der Waals surface area contributed by atoms with E-state index in [0.29, 0.717) is 23.6 Å². The van der Waals surface area contributed by atoms with Gasteiger partial charge in [-0.25, -0.2) is 0 Å². The summed E-state index contributed by atoms with van der Waals surface area (Å²) < 4.78 is 1.68. The molecule has 0 aliphatic carbocycles. The van der Waals surface area contributed by atoms with Gasteiger partial charge in [-0.1, -0.05) is 44.2 Å². The van der Waals surface area contributed by atoms with E-state index in [-0.39, 0.29) is 11.8 Å². The SMILES string of the molecule is CC(C)C(O)c1nnc2ccc(C(=O)N(C)Cc3cc(-c4ccccc4)n[nH]3)cn12. The topological polar surface area (TPSA) is 99.4 Å². The van der Waals surface area contributed by atoms with Gasteiger partial charge in [-0.15, -0.1) is 10.2 Å². The molecular weight excluding hydrogens is 380 g/mol. The van der Waals surface area contributed by atoms with E-state index in [1.54, 1.807) is 34.7 Å². The van der Waals surface area contributed by atoms with Crippen LogP contribution in [0.1, 0.15) is 41.8 Å². The monoisotopic (exact) mass is 404 g/mol. The molecule has 8 nitrogen and oxygen atoms in total. The fourth-order valence-corrected chi connectivity index (χ4v) is 3.28. The highest BCUT2D eigenvalue weighted by molar-refractivity contribution is 5.94. The van der Waals surface area contributed by atoms with Crippen LogP contribution < -0.4 is 0 Å². The van der Waals surface area contributed by atoms with Crippen LogP contribution in [0.2, 0.25) is 0 Å². The molecule has 4 aromatic rings. The maximum absolute atomic E-state index is 13.0. The Labute approximate surface area is 174 Å². The lowest BCUT2D eigenvalue weighted by atomic mass is 10.1. The molecule has 1 atom stereocenters. The summed E-state index contributed by atoms with van der Waals surface area (Å²) in [5.74, 6) is 0.267. The van der Waals surface area contributed by atoms with Crippen molar-refractivity contribution >= 4 is 11.6 Å². The molecule has 0 spiro atoms. The fraction of sp³-hybridized carbons (Fsp3) is 0.273. The zero-order valence-electron chi connectivity index (χ0n) is 17.1. The number of aliphatic hydroxyl groups is 1. The Morgan fingerprint density at radius 1 is 1.17 bits per heavy atom. The van der Waals surface area contributed by atoms with Gasteiger partial charge < -0.3 is 10.0 Å². The van der Waals surface area contributed by atoms with Crippen molar-refractivity contribution in [3.8, 4) is 11.3 Å². The van der Waals surface area contributed by atoms with Crippen molar-refractivity contribution in [3.63, 3.8) is 0 Å². The highest BCUT2D eigenvalue weighted by atomic mass is 16.3. The quantitative estimate of drug-likeness (QED) is 0.514. The van der Waals surface area contributed by atoms with Crippen LogP contribution in [-0.4, -0.2) is 47.8 Å². The molecule has 4 rings (SSSR count). The van der Waals surface area contributed by atoms with E-state index in [1.807, 2.05) is 50.2 Å². The Bertz CT molecular complexity index is 1160. The van der Waals surface area contributed by atoms with Gasteiger partial charge in [0.25, 0.3) is 5.91 Å².